The lowest BCUT2D eigenvalue weighted by atomic mass is 10.1. The number of methoxy groups -OCH3 is 2. The molecule has 0 saturated carbocycles. The normalized spacial score (nSPS) is 15.0. The Morgan fingerprint density at radius 2 is 1.77 bits per heavy atom. The number of pyridine rings is 1. The van der Waals surface area contributed by atoms with Gasteiger partial charge in [-0.05, 0) is 29.3 Å². The summed E-state index contributed by atoms with van der Waals surface area (Å²) < 4.78 is 11.2. The number of Topliss-reactive ketones (excluding diaryl/α,β-unsaturated/α-hetero) is 1. The van der Waals surface area contributed by atoms with Crippen molar-refractivity contribution in [1.29, 1.82) is 0 Å². The van der Waals surface area contributed by atoms with Gasteiger partial charge in [-0.2, -0.15) is 4.73 Å². The Balaban J connectivity index is 1.98. The molecule has 0 atom stereocenters. The van der Waals surface area contributed by atoms with Crippen LogP contribution in [0.1, 0.15) is 21.5 Å². The topological polar surface area (TPSA) is 62.5 Å². The number of ether oxygens (including phenoxy) is 2. The first kappa shape index (κ1) is 14.1. The predicted molar refractivity (Wildman–Crippen MR) is 81.0 cm³/mol. The molecule has 0 N–H and O–H groups in total. The van der Waals surface area contributed by atoms with Crippen LogP contribution in [-0.4, -0.2) is 20.0 Å². The number of benzene rings is 1. The van der Waals surface area contributed by atoms with Gasteiger partial charge in [-0.1, -0.05) is 0 Å². The number of carbonyl (C=O) groups excluding carboxylic acids is 1. The predicted octanol–water partition coefficient (Wildman–Crippen LogP) is 2.16. The molecule has 0 fully saturated rings. The number of allylic oxidation sites excluding steroid dienone is 1. The summed E-state index contributed by atoms with van der Waals surface area (Å²) in [5.41, 5.74) is 3.07. The zero-order valence-electron chi connectivity index (χ0n) is 12.3. The highest BCUT2D eigenvalue weighted by atomic mass is 16.5. The molecule has 1 aromatic heterocycles. The van der Waals surface area contributed by atoms with E-state index >= 15 is 0 Å². The van der Waals surface area contributed by atoms with Gasteiger partial charge in [0.1, 0.15) is 0 Å². The number of carbonyl (C=O) groups is 1. The maximum atomic E-state index is 12.5. The average molecular weight is 297 g/mol. The van der Waals surface area contributed by atoms with Crippen LogP contribution in [0.5, 0.6) is 11.5 Å². The number of aromatic nitrogens is 1. The highest BCUT2D eigenvalue weighted by Crippen LogP contribution is 2.36. The molecule has 1 aliphatic rings. The van der Waals surface area contributed by atoms with Gasteiger partial charge in [0.25, 0.3) is 0 Å². The Kier molecular flexibility index (Phi) is 3.55. The third-order valence-electron chi connectivity index (χ3n) is 3.70. The van der Waals surface area contributed by atoms with E-state index in [1.165, 1.54) is 12.4 Å². The Morgan fingerprint density at radius 1 is 1.14 bits per heavy atom. The van der Waals surface area contributed by atoms with Crippen molar-refractivity contribution in [2.24, 2.45) is 0 Å². The number of rotatable bonds is 3. The van der Waals surface area contributed by atoms with E-state index in [0.717, 1.165) is 11.1 Å². The third kappa shape index (κ3) is 2.41. The quantitative estimate of drug-likeness (QED) is 0.495. The van der Waals surface area contributed by atoms with Gasteiger partial charge in [0, 0.05) is 29.7 Å². The zero-order valence-corrected chi connectivity index (χ0v) is 12.3. The van der Waals surface area contributed by atoms with Crippen molar-refractivity contribution in [2.45, 2.75) is 6.42 Å². The first-order valence-electron chi connectivity index (χ1n) is 6.81. The second-order valence-corrected chi connectivity index (χ2v) is 5.03. The SMILES string of the molecule is COc1cc2c(cc1OC)C(=O)/C(=C\c1cc[n+]([O-])cc1)C2. The lowest BCUT2D eigenvalue weighted by Crippen LogP contribution is -2.23. The van der Waals surface area contributed by atoms with Crippen LogP contribution in [0.15, 0.2) is 42.2 Å². The van der Waals surface area contributed by atoms with Gasteiger partial charge in [0.15, 0.2) is 29.7 Å². The van der Waals surface area contributed by atoms with Crippen LogP contribution in [0.2, 0.25) is 0 Å². The molecule has 2 aromatic rings. The van der Waals surface area contributed by atoms with Crippen molar-refractivity contribution < 1.29 is 19.0 Å². The molecule has 1 aromatic carbocycles. The van der Waals surface area contributed by atoms with Crippen molar-refractivity contribution in [2.75, 3.05) is 14.2 Å². The van der Waals surface area contributed by atoms with E-state index in [-0.39, 0.29) is 5.78 Å². The molecule has 5 nitrogen and oxygen atoms in total. The fraction of sp³-hybridized carbons (Fsp3) is 0.176. The van der Waals surface area contributed by atoms with Crippen LogP contribution in [0.25, 0.3) is 6.08 Å². The maximum absolute atomic E-state index is 12.5. The standard InChI is InChI=1S/C17H15NO4/c1-21-15-9-12-8-13(7-11-3-5-18(20)6-4-11)17(19)14(12)10-16(15)22-2/h3-7,9-10H,8H2,1-2H3/b13-7-. The smallest absolute Gasteiger partial charge is 0.189 e. The number of fused-ring (bicyclic) bond motifs is 1. The largest absolute Gasteiger partial charge is 0.619 e. The van der Waals surface area contributed by atoms with Gasteiger partial charge in [-0.3, -0.25) is 4.79 Å². The molecule has 5 heteroatoms. The van der Waals surface area contributed by atoms with E-state index in [4.69, 9.17) is 9.47 Å². The second-order valence-electron chi connectivity index (χ2n) is 5.03. The summed E-state index contributed by atoms with van der Waals surface area (Å²) in [5, 5.41) is 11.0. The molecule has 0 bridgehead atoms. The number of hydrogen-bond acceptors (Lipinski definition) is 4. The highest BCUT2D eigenvalue weighted by Gasteiger charge is 2.27. The summed E-state index contributed by atoms with van der Waals surface area (Å²) in [4.78, 5) is 12.5. The molecule has 1 aliphatic carbocycles. The Hall–Kier alpha value is -2.82. The molecule has 3 rings (SSSR count). The number of hydrogen-bond donors (Lipinski definition) is 0. The van der Waals surface area contributed by atoms with Crippen molar-refractivity contribution >= 4 is 11.9 Å². The minimum Gasteiger partial charge on any atom is -0.619 e. The minimum absolute atomic E-state index is 0.0187. The average Bonchev–Trinajstić information content (AvgIpc) is 2.83. The first-order valence-corrected chi connectivity index (χ1v) is 6.81. The van der Waals surface area contributed by atoms with Gasteiger partial charge in [-0.25, -0.2) is 0 Å². The summed E-state index contributed by atoms with van der Waals surface area (Å²) in [5.74, 6) is 1.14. The Labute approximate surface area is 128 Å². The molecule has 1 heterocycles. The third-order valence-corrected chi connectivity index (χ3v) is 3.70. The van der Waals surface area contributed by atoms with Crippen molar-refractivity contribution in [3.63, 3.8) is 0 Å². The van der Waals surface area contributed by atoms with Crippen molar-refractivity contribution in [1.82, 2.24) is 0 Å². The van der Waals surface area contributed by atoms with Gasteiger partial charge in [-0.15, -0.1) is 0 Å². The Bertz CT molecular complexity index is 763. The molecular formula is C17H15NO4. The molecule has 0 aliphatic heterocycles. The van der Waals surface area contributed by atoms with E-state index in [1.807, 2.05) is 6.07 Å². The van der Waals surface area contributed by atoms with Crippen LogP contribution in [0.3, 0.4) is 0 Å². The monoisotopic (exact) mass is 297 g/mol. The van der Waals surface area contributed by atoms with Crippen LogP contribution in [0.4, 0.5) is 0 Å². The van der Waals surface area contributed by atoms with Crippen LogP contribution >= 0.6 is 0 Å². The molecule has 0 saturated heterocycles. The lowest BCUT2D eigenvalue weighted by molar-refractivity contribution is -0.605. The van der Waals surface area contributed by atoms with E-state index in [0.29, 0.717) is 33.8 Å². The summed E-state index contributed by atoms with van der Waals surface area (Å²) in [7, 11) is 3.11. The second kappa shape index (κ2) is 5.52. The van der Waals surface area contributed by atoms with E-state index in [9.17, 15) is 10.0 Å². The van der Waals surface area contributed by atoms with Crippen molar-refractivity contribution in [3.05, 3.63) is 64.1 Å². The van der Waals surface area contributed by atoms with Crippen LogP contribution in [-0.2, 0) is 6.42 Å². The summed E-state index contributed by atoms with van der Waals surface area (Å²) in [6.07, 6.45) is 5.16. The van der Waals surface area contributed by atoms with E-state index in [2.05, 4.69) is 0 Å². The van der Waals surface area contributed by atoms with Gasteiger partial charge < -0.3 is 14.7 Å². The number of nitrogens with zero attached hydrogens (tertiary/aromatic N) is 1. The summed E-state index contributed by atoms with van der Waals surface area (Å²) in [6, 6.07) is 6.91. The molecule has 0 amide bonds. The summed E-state index contributed by atoms with van der Waals surface area (Å²) in [6.45, 7) is 0. The van der Waals surface area contributed by atoms with E-state index in [1.54, 1.807) is 38.5 Å². The molecular weight excluding hydrogens is 282 g/mol. The van der Waals surface area contributed by atoms with Gasteiger partial charge in [0.2, 0.25) is 0 Å². The molecule has 0 unspecified atom stereocenters. The summed E-state index contributed by atoms with van der Waals surface area (Å²) >= 11 is 0. The van der Waals surface area contributed by atoms with Crippen LogP contribution < -0.4 is 14.2 Å². The van der Waals surface area contributed by atoms with E-state index < -0.39 is 0 Å². The molecule has 0 spiro atoms. The molecule has 22 heavy (non-hydrogen) atoms. The molecule has 112 valence electrons. The van der Waals surface area contributed by atoms with Gasteiger partial charge >= 0.3 is 0 Å². The van der Waals surface area contributed by atoms with Gasteiger partial charge in [0.05, 0.1) is 14.2 Å². The fourth-order valence-electron chi connectivity index (χ4n) is 2.58. The fourth-order valence-corrected chi connectivity index (χ4v) is 2.58. The zero-order chi connectivity index (χ0) is 15.7. The Morgan fingerprint density at radius 3 is 2.41 bits per heavy atom. The van der Waals surface area contributed by atoms with Crippen LogP contribution in [0, 0.1) is 5.21 Å². The first-order chi connectivity index (χ1) is 10.6. The highest BCUT2D eigenvalue weighted by molar-refractivity contribution is 6.15. The minimum atomic E-state index is -0.0187. The lowest BCUT2D eigenvalue weighted by Gasteiger charge is -2.08. The van der Waals surface area contributed by atoms with Crippen molar-refractivity contribution in [3.8, 4) is 11.5 Å². The maximum Gasteiger partial charge on any atom is 0.189 e. The molecule has 0 radical (unpaired) electrons. The number of ketones is 1.